The predicted octanol–water partition coefficient (Wildman–Crippen LogP) is 1.64. The maximum absolute atomic E-state index is 5.62. The third kappa shape index (κ3) is 2.39. The molecule has 1 saturated carbocycles. The average molecular weight is 207 g/mol. The fraction of sp³-hybridized carbons (Fsp3) is 0.545. The zero-order valence-electron chi connectivity index (χ0n) is 8.94. The number of nitrogen functional groups attached to an aromatic ring is 1. The number of nitrogens with two attached hydrogens (primary N) is 1. The van der Waals surface area contributed by atoms with Crippen molar-refractivity contribution >= 4 is 11.6 Å². The molecular weight excluding hydrogens is 190 g/mol. The minimum Gasteiger partial charge on any atom is -0.384 e. The highest BCUT2D eigenvalue weighted by atomic mass is 16.5. The number of aromatic nitrogens is 1. The van der Waals surface area contributed by atoms with Crippen molar-refractivity contribution in [1.29, 1.82) is 0 Å². The van der Waals surface area contributed by atoms with Crippen LogP contribution in [0.25, 0.3) is 0 Å². The number of hydrogen-bond acceptors (Lipinski definition) is 4. The van der Waals surface area contributed by atoms with Gasteiger partial charge < -0.3 is 15.8 Å². The van der Waals surface area contributed by atoms with Gasteiger partial charge in [0.15, 0.2) is 0 Å². The Balaban J connectivity index is 2.02. The largest absolute Gasteiger partial charge is 0.384 e. The lowest BCUT2D eigenvalue weighted by molar-refractivity contribution is 0.101. The third-order valence-corrected chi connectivity index (χ3v) is 2.86. The summed E-state index contributed by atoms with van der Waals surface area (Å²) in [7, 11) is 1.76. The molecule has 15 heavy (non-hydrogen) atoms. The van der Waals surface area contributed by atoms with Gasteiger partial charge in [0.1, 0.15) is 11.6 Å². The fourth-order valence-electron chi connectivity index (χ4n) is 2.10. The number of pyridine rings is 1. The van der Waals surface area contributed by atoms with E-state index < -0.39 is 0 Å². The van der Waals surface area contributed by atoms with Gasteiger partial charge in [0.25, 0.3) is 0 Å². The molecule has 0 spiro atoms. The number of ether oxygens (including phenoxy) is 1. The number of methoxy groups -OCH3 is 1. The number of nitrogens with one attached hydrogen (secondary N) is 1. The fourth-order valence-corrected chi connectivity index (χ4v) is 2.10. The summed E-state index contributed by atoms with van der Waals surface area (Å²) < 4.78 is 5.40. The lowest BCUT2D eigenvalue weighted by Gasteiger charge is -2.20. The summed E-state index contributed by atoms with van der Waals surface area (Å²) in [6.07, 6.45) is 3.76. The Hall–Kier alpha value is -1.29. The van der Waals surface area contributed by atoms with Crippen LogP contribution in [0.2, 0.25) is 0 Å². The lowest BCUT2D eigenvalue weighted by Crippen LogP contribution is -2.30. The number of hydrogen-bond donors (Lipinski definition) is 2. The summed E-state index contributed by atoms with van der Waals surface area (Å²) >= 11 is 0. The first kappa shape index (κ1) is 10.2. The summed E-state index contributed by atoms with van der Waals surface area (Å²) in [5.41, 5.74) is 5.62. The molecule has 1 aliphatic rings. The molecule has 2 unspecified atom stereocenters. The Labute approximate surface area is 89.8 Å². The predicted molar refractivity (Wildman–Crippen MR) is 60.7 cm³/mol. The molecule has 1 heterocycles. The Bertz CT molecular complexity index is 329. The van der Waals surface area contributed by atoms with E-state index in [-0.39, 0.29) is 0 Å². The van der Waals surface area contributed by atoms with Crippen LogP contribution in [-0.4, -0.2) is 24.2 Å². The van der Waals surface area contributed by atoms with Crippen molar-refractivity contribution in [1.82, 2.24) is 4.98 Å². The molecule has 0 amide bonds. The molecule has 2 rings (SSSR count). The molecule has 0 aromatic carbocycles. The smallest absolute Gasteiger partial charge is 0.128 e. The van der Waals surface area contributed by atoms with E-state index in [2.05, 4.69) is 10.3 Å². The molecule has 1 aliphatic carbocycles. The summed E-state index contributed by atoms with van der Waals surface area (Å²) in [5, 5.41) is 3.37. The normalized spacial score (nSPS) is 25.4. The topological polar surface area (TPSA) is 60.2 Å². The van der Waals surface area contributed by atoms with Crippen LogP contribution in [0.5, 0.6) is 0 Å². The Morgan fingerprint density at radius 1 is 1.47 bits per heavy atom. The number of rotatable bonds is 3. The highest BCUT2D eigenvalue weighted by Crippen LogP contribution is 2.24. The van der Waals surface area contributed by atoms with Gasteiger partial charge in [-0.15, -0.1) is 0 Å². The number of nitrogens with zero attached hydrogens (tertiary/aromatic N) is 1. The summed E-state index contributed by atoms with van der Waals surface area (Å²) in [5.74, 6) is 1.39. The van der Waals surface area contributed by atoms with E-state index in [1.54, 1.807) is 13.2 Å². The highest BCUT2D eigenvalue weighted by molar-refractivity contribution is 5.43. The molecule has 4 heteroatoms. The van der Waals surface area contributed by atoms with Gasteiger partial charge in [-0.05, 0) is 31.4 Å². The van der Waals surface area contributed by atoms with Crippen molar-refractivity contribution in [2.75, 3.05) is 18.2 Å². The number of anilines is 2. The van der Waals surface area contributed by atoms with E-state index in [0.29, 0.717) is 18.0 Å². The average Bonchev–Trinajstić information content (AvgIpc) is 2.65. The van der Waals surface area contributed by atoms with Crippen LogP contribution in [0.1, 0.15) is 19.3 Å². The van der Waals surface area contributed by atoms with E-state index >= 15 is 0 Å². The molecule has 0 radical (unpaired) electrons. The molecule has 82 valence electrons. The minimum atomic E-state index is 0.299. The van der Waals surface area contributed by atoms with Gasteiger partial charge in [-0.25, -0.2) is 4.98 Å². The van der Waals surface area contributed by atoms with Crippen LogP contribution in [0.3, 0.4) is 0 Å². The second-order valence-electron chi connectivity index (χ2n) is 3.90. The quantitative estimate of drug-likeness (QED) is 0.791. The molecule has 1 aromatic rings. The Morgan fingerprint density at radius 2 is 2.33 bits per heavy atom. The summed E-state index contributed by atoms with van der Waals surface area (Å²) in [6.45, 7) is 0. The van der Waals surface area contributed by atoms with E-state index in [4.69, 9.17) is 10.5 Å². The van der Waals surface area contributed by atoms with E-state index in [9.17, 15) is 0 Å². The van der Waals surface area contributed by atoms with Gasteiger partial charge in [-0.2, -0.15) is 0 Å². The van der Waals surface area contributed by atoms with Crippen LogP contribution in [0, 0.1) is 0 Å². The van der Waals surface area contributed by atoms with Crippen molar-refractivity contribution in [3.05, 3.63) is 18.2 Å². The highest BCUT2D eigenvalue weighted by Gasteiger charge is 2.26. The standard InChI is InChI=1S/C11H17N3O/c1-15-9-5-2-4-8(9)13-11-7-3-6-10(12)14-11/h3,6-9H,2,4-5H2,1H3,(H3,12,13,14). The first-order valence-corrected chi connectivity index (χ1v) is 5.31. The van der Waals surface area contributed by atoms with Crippen LogP contribution in [-0.2, 0) is 4.74 Å². The van der Waals surface area contributed by atoms with E-state index in [1.807, 2.05) is 12.1 Å². The van der Waals surface area contributed by atoms with Gasteiger partial charge in [0.2, 0.25) is 0 Å². The molecule has 0 saturated heterocycles. The molecule has 1 fully saturated rings. The molecule has 0 bridgehead atoms. The van der Waals surface area contributed by atoms with E-state index in [0.717, 1.165) is 18.7 Å². The zero-order chi connectivity index (χ0) is 10.7. The van der Waals surface area contributed by atoms with Crippen molar-refractivity contribution < 1.29 is 4.74 Å². The van der Waals surface area contributed by atoms with Gasteiger partial charge in [-0.3, -0.25) is 0 Å². The van der Waals surface area contributed by atoms with Crippen molar-refractivity contribution in [2.24, 2.45) is 0 Å². The van der Waals surface area contributed by atoms with Crippen LogP contribution in [0.15, 0.2) is 18.2 Å². The first-order valence-electron chi connectivity index (χ1n) is 5.31. The molecule has 3 N–H and O–H groups in total. The van der Waals surface area contributed by atoms with Crippen LogP contribution < -0.4 is 11.1 Å². The van der Waals surface area contributed by atoms with Crippen molar-refractivity contribution in [2.45, 2.75) is 31.4 Å². The van der Waals surface area contributed by atoms with E-state index in [1.165, 1.54) is 6.42 Å². The molecule has 0 aliphatic heterocycles. The summed E-state index contributed by atoms with van der Waals surface area (Å²) in [6, 6.07) is 5.99. The SMILES string of the molecule is COC1CCCC1Nc1cccc(N)n1. The maximum atomic E-state index is 5.62. The van der Waals surface area contributed by atoms with Gasteiger partial charge in [0.05, 0.1) is 12.1 Å². The van der Waals surface area contributed by atoms with Crippen LogP contribution in [0.4, 0.5) is 11.6 Å². The second-order valence-corrected chi connectivity index (χ2v) is 3.90. The third-order valence-electron chi connectivity index (χ3n) is 2.86. The Morgan fingerprint density at radius 3 is 3.07 bits per heavy atom. The van der Waals surface area contributed by atoms with Crippen molar-refractivity contribution in [3.8, 4) is 0 Å². The van der Waals surface area contributed by atoms with Gasteiger partial charge in [-0.1, -0.05) is 6.07 Å². The molecule has 2 atom stereocenters. The monoisotopic (exact) mass is 207 g/mol. The molecular formula is C11H17N3O. The van der Waals surface area contributed by atoms with Gasteiger partial charge in [0, 0.05) is 7.11 Å². The summed E-state index contributed by atoms with van der Waals surface area (Å²) in [4.78, 5) is 4.22. The van der Waals surface area contributed by atoms with Crippen LogP contribution >= 0.6 is 0 Å². The zero-order valence-corrected chi connectivity index (χ0v) is 8.94. The Kier molecular flexibility index (Phi) is 3.06. The lowest BCUT2D eigenvalue weighted by atomic mass is 10.2. The molecule has 4 nitrogen and oxygen atoms in total. The van der Waals surface area contributed by atoms with Gasteiger partial charge >= 0.3 is 0 Å². The maximum Gasteiger partial charge on any atom is 0.128 e. The van der Waals surface area contributed by atoms with Crippen molar-refractivity contribution in [3.63, 3.8) is 0 Å². The second kappa shape index (κ2) is 4.49. The molecule has 1 aromatic heterocycles. The first-order chi connectivity index (χ1) is 7.29. The minimum absolute atomic E-state index is 0.299.